The summed E-state index contributed by atoms with van der Waals surface area (Å²) < 4.78 is 57.1. The topological polar surface area (TPSA) is 84.6 Å². The molecule has 4 N–H and O–H groups in total. The van der Waals surface area contributed by atoms with Crippen LogP contribution in [-0.2, 0) is 17.5 Å². The number of aliphatic hydroxyl groups excluding tert-OH is 1. The molecule has 9 heteroatoms. The minimum atomic E-state index is -4.89. The zero-order valence-corrected chi connectivity index (χ0v) is 14.1. The number of nitrogens with two attached hydrogens (primary N) is 1. The van der Waals surface area contributed by atoms with Gasteiger partial charge in [-0.15, -0.1) is 0 Å². The summed E-state index contributed by atoms with van der Waals surface area (Å²) in [6.45, 7) is -0.794. The molecule has 1 unspecified atom stereocenters. The summed E-state index contributed by atoms with van der Waals surface area (Å²) in [6.07, 6.45) is -4.89. The molecule has 0 heterocycles. The normalized spacial score (nSPS) is 12.5. The molecule has 2 aromatic carbocycles. The minimum Gasteiger partial charge on any atom is -0.484 e. The van der Waals surface area contributed by atoms with Crippen LogP contribution in [0.25, 0.3) is 0 Å². The lowest BCUT2D eigenvalue weighted by molar-refractivity contribution is -0.140. The van der Waals surface area contributed by atoms with Gasteiger partial charge < -0.3 is 20.9 Å². The second-order valence-corrected chi connectivity index (χ2v) is 5.68. The molecule has 0 aromatic heterocycles. The van der Waals surface area contributed by atoms with Crippen molar-refractivity contribution in [1.82, 2.24) is 5.32 Å². The number of benzene rings is 2. The largest absolute Gasteiger partial charge is 0.484 e. The third-order valence-corrected chi connectivity index (χ3v) is 3.72. The summed E-state index contributed by atoms with van der Waals surface area (Å²) in [7, 11) is 0. The van der Waals surface area contributed by atoms with Crippen LogP contribution in [0.5, 0.6) is 5.75 Å². The zero-order chi connectivity index (χ0) is 20.0. The molecular weight excluding hydrogens is 368 g/mol. The van der Waals surface area contributed by atoms with Crippen LogP contribution in [0.3, 0.4) is 0 Å². The molecule has 0 fully saturated rings. The molecule has 0 bridgehead atoms. The van der Waals surface area contributed by atoms with Crippen molar-refractivity contribution in [3.63, 3.8) is 0 Å². The quantitative estimate of drug-likeness (QED) is 0.639. The lowest BCUT2D eigenvalue weighted by atomic mass is 10.0. The van der Waals surface area contributed by atoms with Gasteiger partial charge in [-0.05, 0) is 35.4 Å². The van der Waals surface area contributed by atoms with E-state index in [1.165, 1.54) is 0 Å². The van der Waals surface area contributed by atoms with E-state index in [0.717, 1.165) is 11.6 Å². The first-order chi connectivity index (χ1) is 12.7. The Morgan fingerprint density at radius 1 is 1.22 bits per heavy atom. The molecule has 2 rings (SSSR count). The standard InChI is InChI=1S/C18H18F4N2O3/c19-15-5-4-12(7-14(15)18(20,21)22)16(9-25)24-17(26)10-27-13-3-1-2-11(6-13)8-23/h1-7,16,25H,8-10,23H2,(H,24,26). The minimum absolute atomic E-state index is 0.0790. The molecule has 0 saturated carbocycles. The second-order valence-electron chi connectivity index (χ2n) is 5.68. The number of alkyl halides is 3. The van der Waals surface area contributed by atoms with Crippen molar-refractivity contribution >= 4 is 5.91 Å². The van der Waals surface area contributed by atoms with Gasteiger partial charge in [-0.2, -0.15) is 13.2 Å². The van der Waals surface area contributed by atoms with Gasteiger partial charge in [0.2, 0.25) is 0 Å². The number of hydrogen-bond acceptors (Lipinski definition) is 4. The van der Waals surface area contributed by atoms with Crippen molar-refractivity contribution in [2.45, 2.75) is 18.8 Å². The van der Waals surface area contributed by atoms with Crippen molar-refractivity contribution in [2.24, 2.45) is 5.73 Å². The molecule has 146 valence electrons. The number of ether oxygens (including phenoxy) is 1. The Kier molecular flexibility index (Phi) is 6.75. The number of rotatable bonds is 7. The summed E-state index contributed by atoms with van der Waals surface area (Å²) >= 11 is 0. The van der Waals surface area contributed by atoms with Gasteiger partial charge in [-0.25, -0.2) is 4.39 Å². The first kappa shape index (κ1) is 20.7. The van der Waals surface area contributed by atoms with Crippen LogP contribution in [0, 0.1) is 5.82 Å². The third kappa shape index (κ3) is 5.66. The van der Waals surface area contributed by atoms with Crippen molar-refractivity contribution < 1.29 is 32.2 Å². The molecule has 2 aromatic rings. The predicted molar refractivity (Wildman–Crippen MR) is 89.2 cm³/mol. The summed E-state index contributed by atoms with van der Waals surface area (Å²) in [4.78, 5) is 12.0. The van der Waals surface area contributed by atoms with E-state index in [1.807, 2.05) is 0 Å². The van der Waals surface area contributed by atoms with Gasteiger partial charge in [-0.3, -0.25) is 4.79 Å². The lowest BCUT2D eigenvalue weighted by Crippen LogP contribution is -2.34. The highest BCUT2D eigenvalue weighted by molar-refractivity contribution is 5.78. The fourth-order valence-electron chi connectivity index (χ4n) is 2.36. The molecule has 0 radical (unpaired) electrons. The molecule has 0 aliphatic heterocycles. The van der Waals surface area contributed by atoms with Crippen LogP contribution in [0.15, 0.2) is 42.5 Å². The van der Waals surface area contributed by atoms with Gasteiger partial charge in [0.15, 0.2) is 6.61 Å². The number of aliphatic hydroxyl groups is 1. The molecule has 0 saturated heterocycles. The maximum absolute atomic E-state index is 13.4. The van der Waals surface area contributed by atoms with Gasteiger partial charge in [0.25, 0.3) is 5.91 Å². The van der Waals surface area contributed by atoms with Crippen LogP contribution in [0.4, 0.5) is 17.6 Å². The Morgan fingerprint density at radius 2 is 1.96 bits per heavy atom. The number of amides is 1. The molecule has 0 spiro atoms. The highest BCUT2D eigenvalue weighted by Gasteiger charge is 2.34. The number of nitrogens with one attached hydrogen (secondary N) is 1. The number of halogens is 4. The summed E-state index contributed by atoms with van der Waals surface area (Å²) in [5, 5.41) is 11.8. The van der Waals surface area contributed by atoms with E-state index in [-0.39, 0.29) is 5.56 Å². The zero-order valence-electron chi connectivity index (χ0n) is 14.1. The highest BCUT2D eigenvalue weighted by atomic mass is 19.4. The van der Waals surface area contributed by atoms with E-state index in [0.29, 0.717) is 24.4 Å². The first-order valence-electron chi connectivity index (χ1n) is 7.93. The predicted octanol–water partition coefficient (Wildman–Crippen LogP) is 2.53. The average molecular weight is 386 g/mol. The number of carbonyl (C=O) groups is 1. The lowest BCUT2D eigenvalue weighted by Gasteiger charge is -2.19. The van der Waals surface area contributed by atoms with Crippen molar-refractivity contribution in [2.75, 3.05) is 13.2 Å². The molecule has 0 aliphatic carbocycles. The maximum Gasteiger partial charge on any atom is 0.419 e. The van der Waals surface area contributed by atoms with E-state index in [4.69, 9.17) is 10.5 Å². The van der Waals surface area contributed by atoms with E-state index in [9.17, 15) is 27.5 Å². The molecule has 1 amide bonds. The van der Waals surface area contributed by atoms with Crippen LogP contribution in [-0.4, -0.2) is 24.2 Å². The van der Waals surface area contributed by atoms with Crippen LogP contribution >= 0.6 is 0 Å². The van der Waals surface area contributed by atoms with Crippen molar-refractivity contribution in [3.05, 3.63) is 65.0 Å². The summed E-state index contributed by atoms with van der Waals surface area (Å²) in [5.74, 6) is -1.70. The maximum atomic E-state index is 13.4. The Balaban J connectivity index is 2.04. The Morgan fingerprint density at radius 3 is 2.59 bits per heavy atom. The van der Waals surface area contributed by atoms with Gasteiger partial charge >= 0.3 is 6.18 Å². The molecule has 5 nitrogen and oxygen atoms in total. The van der Waals surface area contributed by atoms with Gasteiger partial charge in [-0.1, -0.05) is 18.2 Å². The average Bonchev–Trinajstić information content (AvgIpc) is 2.64. The summed E-state index contributed by atoms with van der Waals surface area (Å²) in [6, 6.07) is 7.86. The molecule has 27 heavy (non-hydrogen) atoms. The van der Waals surface area contributed by atoms with E-state index < -0.39 is 42.7 Å². The Bertz CT molecular complexity index is 796. The number of hydrogen-bond donors (Lipinski definition) is 3. The monoisotopic (exact) mass is 386 g/mol. The summed E-state index contributed by atoms with van der Waals surface area (Å²) in [5.41, 5.74) is 4.76. The smallest absolute Gasteiger partial charge is 0.419 e. The van der Waals surface area contributed by atoms with Crippen molar-refractivity contribution in [3.8, 4) is 5.75 Å². The molecule has 0 aliphatic rings. The van der Waals surface area contributed by atoms with E-state index >= 15 is 0 Å². The Hall–Kier alpha value is -2.65. The van der Waals surface area contributed by atoms with Gasteiger partial charge in [0.05, 0.1) is 18.2 Å². The van der Waals surface area contributed by atoms with Crippen LogP contribution < -0.4 is 15.8 Å². The first-order valence-corrected chi connectivity index (χ1v) is 7.93. The second kappa shape index (κ2) is 8.83. The molecular formula is C18H18F4N2O3. The van der Waals surface area contributed by atoms with E-state index in [1.54, 1.807) is 24.3 Å². The van der Waals surface area contributed by atoms with Crippen LogP contribution in [0.1, 0.15) is 22.7 Å². The van der Waals surface area contributed by atoms with Gasteiger partial charge in [0, 0.05) is 6.54 Å². The van der Waals surface area contributed by atoms with Gasteiger partial charge in [0.1, 0.15) is 11.6 Å². The molecule has 1 atom stereocenters. The number of carbonyl (C=O) groups excluding carboxylic acids is 1. The van der Waals surface area contributed by atoms with Crippen LogP contribution in [0.2, 0.25) is 0 Å². The SMILES string of the molecule is NCc1cccc(OCC(=O)NC(CO)c2ccc(F)c(C(F)(F)F)c2)c1. The van der Waals surface area contributed by atoms with Crippen molar-refractivity contribution in [1.29, 1.82) is 0 Å². The third-order valence-electron chi connectivity index (χ3n) is 3.72. The van der Waals surface area contributed by atoms with E-state index in [2.05, 4.69) is 5.32 Å². The fraction of sp³-hybridized carbons (Fsp3) is 0.278. The fourth-order valence-corrected chi connectivity index (χ4v) is 2.36. The Labute approximate surface area is 152 Å². The highest BCUT2D eigenvalue weighted by Crippen LogP contribution is 2.33.